The quantitative estimate of drug-likeness (QED) is 0.688. The normalized spacial score (nSPS) is 19.5. The molecule has 0 saturated heterocycles. The molecule has 3 heteroatoms. The van der Waals surface area contributed by atoms with Crippen LogP contribution in [0.15, 0.2) is 11.6 Å². The van der Waals surface area contributed by atoms with Gasteiger partial charge < -0.3 is 10.1 Å². The van der Waals surface area contributed by atoms with Crippen molar-refractivity contribution < 1.29 is 4.74 Å². The summed E-state index contributed by atoms with van der Waals surface area (Å²) in [6.07, 6.45) is 3.49. The van der Waals surface area contributed by atoms with Crippen LogP contribution in [-0.2, 0) is 4.74 Å². The number of hydrogen-bond acceptors (Lipinski definition) is 3. The first-order valence-electron chi connectivity index (χ1n) is 6.74. The Hall–Kier alpha value is -0.380. The van der Waals surface area contributed by atoms with Crippen LogP contribution in [0.5, 0.6) is 0 Å². The van der Waals surface area contributed by atoms with E-state index in [0.29, 0.717) is 6.04 Å². The minimum atomic E-state index is 0.590. The van der Waals surface area contributed by atoms with Crippen LogP contribution in [0.1, 0.15) is 27.2 Å². The highest BCUT2D eigenvalue weighted by atomic mass is 16.5. The second-order valence-corrected chi connectivity index (χ2v) is 5.47. The lowest BCUT2D eigenvalue weighted by Crippen LogP contribution is -2.37. The third-order valence-corrected chi connectivity index (χ3v) is 3.16. The van der Waals surface area contributed by atoms with Gasteiger partial charge in [-0.3, -0.25) is 4.90 Å². The van der Waals surface area contributed by atoms with E-state index >= 15 is 0 Å². The molecular formula is C14H28N2O. The van der Waals surface area contributed by atoms with Crippen LogP contribution in [0.25, 0.3) is 0 Å². The zero-order valence-electron chi connectivity index (χ0n) is 11.8. The Kier molecular flexibility index (Phi) is 6.78. The summed E-state index contributed by atoms with van der Waals surface area (Å²) in [6, 6.07) is 0.590. The number of nitrogens with one attached hydrogen (secondary N) is 1. The van der Waals surface area contributed by atoms with Crippen LogP contribution < -0.4 is 5.32 Å². The van der Waals surface area contributed by atoms with Gasteiger partial charge in [-0.05, 0) is 24.5 Å². The first-order chi connectivity index (χ1) is 8.11. The number of nitrogens with zero attached hydrogens (tertiary/aromatic N) is 1. The van der Waals surface area contributed by atoms with Gasteiger partial charge in [-0.2, -0.15) is 0 Å². The average molecular weight is 240 g/mol. The monoisotopic (exact) mass is 240 g/mol. The van der Waals surface area contributed by atoms with Gasteiger partial charge in [-0.25, -0.2) is 0 Å². The van der Waals surface area contributed by atoms with Gasteiger partial charge in [-0.1, -0.05) is 26.8 Å². The third-order valence-electron chi connectivity index (χ3n) is 3.16. The Morgan fingerprint density at radius 3 is 2.71 bits per heavy atom. The lowest BCUT2D eigenvalue weighted by atomic mass is 10.1. The van der Waals surface area contributed by atoms with Crippen LogP contribution in [-0.4, -0.2) is 50.8 Å². The molecule has 0 saturated carbocycles. The molecule has 1 aliphatic heterocycles. The molecule has 1 unspecified atom stereocenters. The molecule has 1 aliphatic rings. The minimum Gasteiger partial charge on any atom is -0.380 e. The van der Waals surface area contributed by atoms with Gasteiger partial charge in [0.15, 0.2) is 0 Å². The highest BCUT2D eigenvalue weighted by molar-refractivity contribution is 5.07. The molecule has 0 aromatic heterocycles. The van der Waals surface area contributed by atoms with Gasteiger partial charge in [0.2, 0.25) is 0 Å². The van der Waals surface area contributed by atoms with Crippen LogP contribution in [0.4, 0.5) is 0 Å². The third kappa shape index (κ3) is 6.20. The maximum atomic E-state index is 5.17. The molecule has 17 heavy (non-hydrogen) atoms. The van der Waals surface area contributed by atoms with Crippen molar-refractivity contribution in [3.8, 4) is 0 Å². The van der Waals surface area contributed by atoms with Gasteiger partial charge in [0.1, 0.15) is 0 Å². The van der Waals surface area contributed by atoms with Crippen molar-refractivity contribution in [2.24, 2.45) is 5.92 Å². The predicted molar refractivity (Wildman–Crippen MR) is 73.3 cm³/mol. The molecule has 1 N–H and O–H groups in total. The zero-order valence-corrected chi connectivity index (χ0v) is 11.8. The lowest BCUT2D eigenvalue weighted by molar-refractivity contribution is 0.205. The van der Waals surface area contributed by atoms with Gasteiger partial charge in [0.25, 0.3) is 0 Å². The minimum absolute atomic E-state index is 0.590. The van der Waals surface area contributed by atoms with E-state index in [2.05, 4.69) is 37.1 Å². The van der Waals surface area contributed by atoms with E-state index in [4.69, 9.17) is 4.74 Å². The van der Waals surface area contributed by atoms with E-state index in [-0.39, 0.29) is 0 Å². The summed E-state index contributed by atoms with van der Waals surface area (Å²) in [5, 5.41) is 3.50. The molecule has 0 amide bonds. The van der Waals surface area contributed by atoms with Gasteiger partial charge in [0, 0.05) is 32.8 Å². The number of rotatable bonds is 7. The maximum absolute atomic E-state index is 5.17. The molecule has 0 aromatic rings. The van der Waals surface area contributed by atoms with Crippen molar-refractivity contribution >= 4 is 0 Å². The van der Waals surface area contributed by atoms with Crippen LogP contribution in [0.3, 0.4) is 0 Å². The SMILES string of the molecule is COCC1=CCN(CC(C)CNC(C)C)CC1. The van der Waals surface area contributed by atoms with Crippen molar-refractivity contribution in [3.63, 3.8) is 0 Å². The molecule has 0 radical (unpaired) electrons. The fourth-order valence-corrected chi connectivity index (χ4v) is 2.18. The maximum Gasteiger partial charge on any atom is 0.0673 e. The molecule has 0 aliphatic carbocycles. The topological polar surface area (TPSA) is 24.5 Å². The molecule has 0 fully saturated rings. The van der Waals surface area contributed by atoms with Crippen LogP contribution in [0, 0.1) is 5.92 Å². The molecule has 3 nitrogen and oxygen atoms in total. The summed E-state index contributed by atoms with van der Waals surface area (Å²) in [5.74, 6) is 0.717. The Balaban J connectivity index is 2.21. The van der Waals surface area contributed by atoms with Crippen molar-refractivity contribution in [3.05, 3.63) is 11.6 Å². The first-order valence-corrected chi connectivity index (χ1v) is 6.74. The van der Waals surface area contributed by atoms with E-state index in [0.717, 1.165) is 32.0 Å². The fraction of sp³-hybridized carbons (Fsp3) is 0.857. The molecule has 0 spiro atoms. The highest BCUT2D eigenvalue weighted by Crippen LogP contribution is 2.12. The molecule has 0 bridgehead atoms. The average Bonchev–Trinajstić information content (AvgIpc) is 2.29. The standard InChI is InChI=1S/C14H28N2O/c1-12(2)15-9-13(3)10-16-7-5-14(6-8-16)11-17-4/h5,12-13,15H,6-11H2,1-4H3. The van der Waals surface area contributed by atoms with Gasteiger partial charge >= 0.3 is 0 Å². The van der Waals surface area contributed by atoms with Crippen LogP contribution in [0.2, 0.25) is 0 Å². The van der Waals surface area contributed by atoms with E-state index in [1.165, 1.54) is 18.7 Å². The second kappa shape index (κ2) is 7.85. The summed E-state index contributed by atoms with van der Waals surface area (Å²) in [7, 11) is 1.77. The molecule has 0 aromatic carbocycles. The summed E-state index contributed by atoms with van der Waals surface area (Å²) < 4.78 is 5.17. The Bertz CT molecular complexity index is 238. The Morgan fingerprint density at radius 2 is 2.18 bits per heavy atom. The molecule has 1 heterocycles. The number of ether oxygens (including phenoxy) is 1. The molecule has 1 atom stereocenters. The summed E-state index contributed by atoms with van der Waals surface area (Å²) in [6.45, 7) is 12.1. The number of methoxy groups -OCH3 is 1. The Labute approximate surface area is 106 Å². The summed E-state index contributed by atoms with van der Waals surface area (Å²) >= 11 is 0. The van der Waals surface area contributed by atoms with Crippen molar-refractivity contribution in [2.75, 3.05) is 39.9 Å². The van der Waals surface area contributed by atoms with E-state index in [1.807, 2.05) is 0 Å². The predicted octanol–water partition coefficient (Wildman–Crippen LogP) is 1.90. The van der Waals surface area contributed by atoms with Crippen LogP contribution >= 0.6 is 0 Å². The summed E-state index contributed by atoms with van der Waals surface area (Å²) in [4.78, 5) is 2.53. The first kappa shape index (κ1) is 14.7. The van der Waals surface area contributed by atoms with Gasteiger partial charge in [0.05, 0.1) is 6.61 Å². The Morgan fingerprint density at radius 1 is 1.41 bits per heavy atom. The van der Waals surface area contributed by atoms with E-state index < -0.39 is 0 Å². The fourth-order valence-electron chi connectivity index (χ4n) is 2.18. The zero-order chi connectivity index (χ0) is 12.7. The lowest BCUT2D eigenvalue weighted by Gasteiger charge is -2.29. The van der Waals surface area contributed by atoms with Crippen molar-refractivity contribution in [2.45, 2.75) is 33.2 Å². The molecule has 100 valence electrons. The molecular weight excluding hydrogens is 212 g/mol. The smallest absolute Gasteiger partial charge is 0.0673 e. The molecule has 1 rings (SSSR count). The second-order valence-electron chi connectivity index (χ2n) is 5.47. The van der Waals surface area contributed by atoms with Gasteiger partial charge in [-0.15, -0.1) is 0 Å². The highest BCUT2D eigenvalue weighted by Gasteiger charge is 2.14. The van der Waals surface area contributed by atoms with Crippen molar-refractivity contribution in [1.29, 1.82) is 0 Å². The van der Waals surface area contributed by atoms with Crippen molar-refractivity contribution in [1.82, 2.24) is 10.2 Å². The van der Waals surface area contributed by atoms with E-state index in [1.54, 1.807) is 7.11 Å². The summed E-state index contributed by atoms with van der Waals surface area (Å²) in [5.41, 5.74) is 1.46. The number of hydrogen-bond donors (Lipinski definition) is 1. The largest absolute Gasteiger partial charge is 0.380 e. The van der Waals surface area contributed by atoms with E-state index in [9.17, 15) is 0 Å².